The van der Waals surface area contributed by atoms with Crippen molar-refractivity contribution in [3.05, 3.63) is 29.6 Å². The summed E-state index contributed by atoms with van der Waals surface area (Å²) in [5.74, 6) is -1.34. The van der Waals surface area contributed by atoms with Gasteiger partial charge >= 0.3 is 5.97 Å². The van der Waals surface area contributed by atoms with E-state index >= 15 is 0 Å². The third-order valence-electron chi connectivity index (χ3n) is 3.64. The summed E-state index contributed by atoms with van der Waals surface area (Å²) < 4.78 is 0. The highest BCUT2D eigenvalue weighted by Gasteiger charge is 2.24. The molecule has 0 bridgehead atoms. The Morgan fingerprint density at radius 2 is 2.05 bits per heavy atom. The Morgan fingerprint density at radius 1 is 1.35 bits per heavy atom. The molecule has 0 atom stereocenters. The molecule has 108 valence electrons. The molecule has 1 saturated carbocycles. The largest absolute Gasteiger partial charge is 0.478 e. The lowest BCUT2D eigenvalue weighted by Crippen LogP contribution is -2.39. The molecule has 6 heteroatoms. The van der Waals surface area contributed by atoms with Crippen molar-refractivity contribution in [2.75, 3.05) is 6.54 Å². The maximum atomic E-state index is 11.2. The van der Waals surface area contributed by atoms with Gasteiger partial charge in [0, 0.05) is 18.8 Å². The number of hydrogen-bond acceptors (Lipinski definition) is 4. The van der Waals surface area contributed by atoms with Crippen molar-refractivity contribution in [3.63, 3.8) is 0 Å². The second-order valence-electron chi connectivity index (χ2n) is 5.15. The summed E-state index contributed by atoms with van der Waals surface area (Å²) in [7, 11) is 0. The number of hydrogen-bond donors (Lipinski definition) is 2. The number of amides is 1. The molecule has 1 heterocycles. The molecule has 1 aliphatic rings. The number of carbonyl (C=O) groups excluding carboxylic acids is 1. The average molecular weight is 277 g/mol. The lowest BCUT2D eigenvalue weighted by atomic mass is 10.2. The SMILES string of the molecule is NC(=O)CN(Cc1ccc(C(=O)O)cn1)C1CCCC1. The van der Waals surface area contributed by atoms with Crippen LogP contribution in [0.15, 0.2) is 18.3 Å². The number of pyridine rings is 1. The van der Waals surface area contributed by atoms with E-state index in [2.05, 4.69) is 4.98 Å². The summed E-state index contributed by atoms with van der Waals surface area (Å²) in [4.78, 5) is 28.1. The fraction of sp³-hybridized carbons (Fsp3) is 0.500. The first-order valence-corrected chi connectivity index (χ1v) is 6.77. The monoisotopic (exact) mass is 277 g/mol. The molecule has 0 saturated heterocycles. The van der Waals surface area contributed by atoms with E-state index in [9.17, 15) is 9.59 Å². The van der Waals surface area contributed by atoms with Gasteiger partial charge in [-0.1, -0.05) is 12.8 Å². The highest BCUT2D eigenvalue weighted by molar-refractivity contribution is 5.87. The Bertz CT molecular complexity index is 481. The number of carbonyl (C=O) groups is 2. The number of nitrogens with two attached hydrogens (primary N) is 1. The first kappa shape index (κ1) is 14.5. The third-order valence-corrected chi connectivity index (χ3v) is 3.64. The van der Waals surface area contributed by atoms with Gasteiger partial charge in [-0.15, -0.1) is 0 Å². The Hall–Kier alpha value is -1.95. The van der Waals surface area contributed by atoms with Crippen LogP contribution in [0.4, 0.5) is 0 Å². The minimum absolute atomic E-state index is 0.163. The molecular formula is C14H19N3O3. The number of carboxylic acids is 1. The van der Waals surface area contributed by atoms with Gasteiger partial charge < -0.3 is 10.8 Å². The number of aromatic carboxylic acids is 1. The van der Waals surface area contributed by atoms with E-state index in [1.807, 2.05) is 4.90 Å². The van der Waals surface area contributed by atoms with Crippen LogP contribution in [-0.4, -0.2) is 39.5 Å². The van der Waals surface area contributed by atoms with E-state index < -0.39 is 5.97 Å². The van der Waals surface area contributed by atoms with Gasteiger partial charge in [-0.05, 0) is 25.0 Å². The van der Waals surface area contributed by atoms with Crippen molar-refractivity contribution in [1.29, 1.82) is 0 Å². The second kappa shape index (κ2) is 6.47. The van der Waals surface area contributed by atoms with Gasteiger partial charge in [0.1, 0.15) is 0 Å². The minimum atomic E-state index is -0.992. The highest BCUT2D eigenvalue weighted by atomic mass is 16.4. The summed E-state index contributed by atoms with van der Waals surface area (Å²) in [6, 6.07) is 3.58. The molecule has 1 aromatic rings. The zero-order valence-corrected chi connectivity index (χ0v) is 11.3. The predicted molar refractivity (Wildman–Crippen MR) is 73.1 cm³/mol. The Labute approximate surface area is 117 Å². The fourth-order valence-electron chi connectivity index (χ4n) is 2.64. The van der Waals surface area contributed by atoms with Crippen LogP contribution in [0.1, 0.15) is 41.7 Å². The van der Waals surface area contributed by atoms with Gasteiger partial charge in [0.15, 0.2) is 0 Å². The third kappa shape index (κ3) is 3.77. The molecule has 1 fully saturated rings. The first-order valence-electron chi connectivity index (χ1n) is 6.77. The highest BCUT2D eigenvalue weighted by Crippen LogP contribution is 2.24. The van der Waals surface area contributed by atoms with Crippen molar-refractivity contribution in [2.45, 2.75) is 38.3 Å². The van der Waals surface area contributed by atoms with Gasteiger partial charge in [-0.25, -0.2) is 4.79 Å². The molecule has 0 aliphatic heterocycles. The maximum Gasteiger partial charge on any atom is 0.337 e. The van der Waals surface area contributed by atoms with Crippen molar-refractivity contribution >= 4 is 11.9 Å². The van der Waals surface area contributed by atoms with Gasteiger partial charge in [-0.2, -0.15) is 0 Å². The van der Waals surface area contributed by atoms with E-state index in [4.69, 9.17) is 10.8 Å². The van der Waals surface area contributed by atoms with Gasteiger partial charge in [-0.3, -0.25) is 14.7 Å². The molecule has 3 N–H and O–H groups in total. The number of primary amides is 1. The van der Waals surface area contributed by atoms with Crippen LogP contribution in [0.2, 0.25) is 0 Å². The lowest BCUT2D eigenvalue weighted by molar-refractivity contribution is -0.119. The van der Waals surface area contributed by atoms with Gasteiger partial charge in [0.05, 0.1) is 17.8 Å². The number of aromatic nitrogens is 1. The van der Waals surface area contributed by atoms with Crippen LogP contribution in [-0.2, 0) is 11.3 Å². The topological polar surface area (TPSA) is 96.5 Å². The smallest absolute Gasteiger partial charge is 0.337 e. The lowest BCUT2D eigenvalue weighted by Gasteiger charge is -2.27. The Balaban J connectivity index is 2.06. The minimum Gasteiger partial charge on any atom is -0.478 e. The second-order valence-corrected chi connectivity index (χ2v) is 5.15. The zero-order valence-electron chi connectivity index (χ0n) is 11.3. The maximum absolute atomic E-state index is 11.2. The molecule has 0 unspecified atom stereocenters. The van der Waals surface area contributed by atoms with Crippen molar-refractivity contribution in [1.82, 2.24) is 9.88 Å². The molecule has 0 spiro atoms. The number of carboxylic acid groups (broad SMARTS) is 1. The fourth-order valence-corrected chi connectivity index (χ4v) is 2.64. The van der Waals surface area contributed by atoms with Gasteiger partial charge in [0.2, 0.25) is 5.91 Å². The average Bonchev–Trinajstić information content (AvgIpc) is 2.92. The van der Waals surface area contributed by atoms with Crippen LogP contribution < -0.4 is 5.73 Å². The molecule has 1 aromatic heterocycles. The number of nitrogens with zero attached hydrogens (tertiary/aromatic N) is 2. The standard InChI is InChI=1S/C14H19N3O3/c15-13(18)9-17(12-3-1-2-4-12)8-11-6-5-10(7-16-11)14(19)20/h5-7,12H,1-4,8-9H2,(H2,15,18)(H,19,20). The summed E-state index contributed by atoms with van der Waals surface area (Å²) in [5.41, 5.74) is 6.22. The van der Waals surface area contributed by atoms with E-state index in [0.29, 0.717) is 12.6 Å². The van der Waals surface area contributed by atoms with Crippen LogP contribution >= 0.6 is 0 Å². The molecule has 1 amide bonds. The molecule has 0 radical (unpaired) electrons. The van der Waals surface area contributed by atoms with Crippen LogP contribution in [0.25, 0.3) is 0 Å². The zero-order chi connectivity index (χ0) is 14.5. The summed E-state index contributed by atoms with van der Waals surface area (Å²) >= 11 is 0. The van der Waals surface area contributed by atoms with Crippen molar-refractivity contribution in [2.24, 2.45) is 5.73 Å². The van der Waals surface area contributed by atoms with E-state index in [0.717, 1.165) is 18.5 Å². The molecular weight excluding hydrogens is 258 g/mol. The molecule has 1 aliphatic carbocycles. The van der Waals surface area contributed by atoms with Crippen LogP contribution in [0.5, 0.6) is 0 Å². The summed E-state index contributed by atoms with van der Waals surface area (Å²) in [6.07, 6.45) is 5.83. The Morgan fingerprint density at radius 3 is 2.55 bits per heavy atom. The van der Waals surface area contributed by atoms with Crippen molar-refractivity contribution < 1.29 is 14.7 Å². The quantitative estimate of drug-likeness (QED) is 0.809. The summed E-state index contributed by atoms with van der Waals surface area (Å²) in [6.45, 7) is 0.737. The van der Waals surface area contributed by atoms with E-state index in [1.54, 1.807) is 6.07 Å². The van der Waals surface area contributed by atoms with Crippen LogP contribution in [0, 0.1) is 0 Å². The predicted octanol–water partition coefficient (Wildman–Crippen LogP) is 1.01. The molecule has 6 nitrogen and oxygen atoms in total. The normalized spacial score (nSPS) is 15.7. The van der Waals surface area contributed by atoms with E-state index in [1.165, 1.54) is 25.1 Å². The van der Waals surface area contributed by atoms with E-state index in [-0.39, 0.29) is 18.0 Å². The van der Waals surface area contributed by atoms with Crippen LogP contribution in [0.3, 0.4) is 0 Å². The molecule has 2 rings (SSSR count). The summed E-state index contributed by atoms with van der Waals surface area (Å²) in [5, 5.41) is 8.84. The molecule has 20 heavy (non-hydrogen) atoms. The Kier molecular flexibility index (Phi) is 4.68. The van der Waals surface area contributed by atoms with Crippen molar-refractivity contribution in [3.8, 4) is 0 Å². The number of rotatable bonds is 6. The molecule has 0 aromatic carbocycles. The first-order chi connectivity index (χ1) is 9.56. The van der Waals surface area contributed by atoms with Gasteiger partial charge in [0.25, 0.3) is 0 Å².